The highest BCUT2D eigenvalue weighted by Gasteiger charge is 2.48. The molecule has 3 nitrogen and oxygen atoms in total. The molecule has 0 unspecified atom stereocenters. The van der Waals surface area contributed by atoms with Gasteiger partial charge in [0.05, 0.1) is 6.42 Å². The van der Waals surface area contributed by atoms with Crippen molar-refractivity contribution in [3.05, 3.63) is 35.9 Å². The van der Waals surface area contributed by atoms with Gasteiger partial charge in [-0.1, -0.05) is 37.3 Å². The molecule has 1 aliphatic heterocycles. The standard InChI is InChI=1S/C12H12O3/c1-2-12(8-10(13)15-11(12)14)9-6-4-3-5-7-9/h3-7H,2,8H2,1H3/t12-/m0/s1. The lowest BCUT2D eigenvalue weighted by molar-refractivity contribution is -0.153. The Bertz CT molecular complexity index is 397. The van der Waals surface area contributed by atoms with Crippen LogP contribution in [0.2, 0.25) is 0 Å². The van der Waals surface area contributed by atoms with Gasteiger partial charge in [-0.15, -0.1) is 0 Å². The number of cyclic esters (lactones) is 2. The van der Waals surface area contributed by atoms with Crippen molar-refractivity contribution in [3.63, 3.8) is 0 Å². The zero-order chi connectivity index (χ0) is 10.9. The molecule has 1 aliphatic rings. The fourth-order valence-electron chi connectivity index (χ4n) is 2.01. The fourth-order valence-corrected chi connectivity index (χ4v) is 2.01. The van der Waals surface area contributed by atoms with E-state index >= 15 is 0 Å². The molecule has 78 valence electrons. The molecular formula is C12H12O3. The van der Waals surface area contributed by atoms with Gasteiger partial charge in [0.25, 0.3) is 0 Å². The summed E-state index contributed by atoms with van der Waals surface area (Å²) < 4.78 is 4.64. The van der Waals surface area contributed by atoms with Gasteiger partial charge in [0.1, 0.15) is 5.41 Å². The number of hydrogen-bond acceptors (Lipinski definition) is 3. The molecule has 0 amide bonds. The lowest BCUT2D eigenvalue weighted by atomic mass is 9.77. The van der Waals surface area contributed by atoms with Gasteiger partial charge in [-0.05, 0) is 12.0 Å². The van der Waals surface area contributed by atoms with Crippen molar-refractivity contribution in [2.24, 2.45) is 0 Å². The Kier molecular flexibility index (Phi) is 2.31. The maximum Gasteiger partial charge on any atom is 0.324 e. The molecule has 2 rings (SSSR count). The summed E-state index contributed by atoms with van der Waals surface area (Å²) in [6.07, 6.45) is 0.744. The van der Waals surface area contributed by atoms with E-state index < -0.39 is 17.4 Å². The van der Waals surface area contributed by atoms with Crippen LogP contribution in [0.5, 0.6) is 0 Å². The van der Waals surface area contributed by atoms with Gasteiger partial charge < -0.3 is 4.74 Å². The Balaban J connectivity index is 2.47. The lowest BCUT2D eigenvalue weighted by Crippen LogP contribution is -2.30. The molecule has 3 heteroatoms. The zero-order valence-electron chi connectivity index (χ0n) is 8.53. The highest BCUT2D eigenvalue weighted by atomic mass is 16.6. The Morgan fingerprint density at radius 1 is 1.27 bits per heavy atom. The summed E-state index contributed by atoms with van der Waals surface area (Å²) in [5, 5.41) is 0. The molecule has 0 bridgehead atoms. The first kappa shape index (κ1) is 9.90. The van der Waals surface area contributed by atoms with E-state index in [9.17, 15) is 9.59 Å². The normalized spacial score (nSPS) is 25.4. The molecule has 1 fully saturated rings. The average molecular weight is 204 g/mol. The van der Waals surface area contributed by atoms with Crippen LogP contribution in [0.1, 0.15) is 25.3 Å². The van der Waals surface area contributed by atoms with Gasteiger partial charge in [0.2, 0.25) is 0 Å². The van der Waals surface area contributed by atoms with Crippen molar-refractivity contribution in [2.75, 3.05) is 0 Å². The van der Waals surface area contributed by atoms with Gasteiger partial charge in [-0.25, -0.2) is 0 Å². The monoisotopic (exact) mass is 204 g/mol. The smallest absolute Gasteiger partial charge is 0.324 e. The van der Waals surface area contributed by atoms with Crippen LogP contribution in [0.25, 0.3) is 0 Å². The number of ether oxygens (including phenoxy) is 1. The molecule has 0 spiro atoms. The second-order valence-corrected chi connectivity index (χ2v) is 3.74. The molecular weight excluding hydrogens is 192 g/mol. The van der Waals surface area contributed by atoms with Crippen molar-refractivity contribution in [1.29, 1.82) is 0 Å². The number of carbonyl (C=O) groups is 2. The second kappa shape index (κ2) is 3.50. The third-order valence-corrected chi connectivity index (χ3v) is 2.97. The molecule has 0 aliphatic carbocycles. The summed E-state index contributed by atoms with van der Waals surface area (Å²) >= 11 is 0. The molecule has 0 saturated carbocycles. The summed E-state index contributed by atoms with van der Waals surface area (Å²) in [5.74, 6) is -0.841. The Morgan fingerprint density at radius 3 is 2.40 bits per heavy atom. The number of carbonyl (C=O) groups excluding carboxylic acids is 2. The van der Waals surface area contributed by atoms with Gasteiger partial charge in [0.15, 0.2) is 0 Å². The summed E-state index contributed by atoms with van der Waals surface area (Å²) in [6.45, 7) is 1.90. The summed E-state index contributed by atoms with van der Waals surface area (Å²) in [4.78, 5) is 22.9. The van der Waals surface area contributed by atoms with Crippen molar-refractivity contribution in [1.82, 2.24) is 0 Å². The molecule has 1 aromatic carbocycles. The average Bonchev–Trinajstić information content (AvgIpc) is 2.56. The Labute approximate surface area is 88.1 Å². The molecule has 15 heavy (non-hydrogen) atoms. The molecule has 0 aromatic heterocycles. The van der Waals surface area contributed by atoms with Crippen LogP contribution in [0, 0.1) is 0 Å². The van der Waals surface area contributed by atoms with E-state index in [1.54, 1.807) is 0 Å². The first-order valence-corrected chi connectivity index (χ1v) is 4.99. The van der Waals surface area contributed by atoms with Gasteiger partial charge >= 0.3 is 11.9 Å². The Morgan fingerprint density at radius 2 is 1.93 bits per heavy atom. The van der Waals surface area contributed by atoms with Crippen molar-refractivity contribution in [2.45, 2.75) is 25.2 Å². The van der Waals surface area contributed by atoms with Crippen LogP contribution < -0.4 is 0 Å². The van der Waals surface area contributed by atoms with E-state index in [4.69, 9.17) is 0 Å². The highest BCUT2D eigenvalue weighted by Crippen LogP contribution is 2.37. The van der Waals surface area contributed by atoms with E-state index in [0.717, 1.165) is 5.56 Å². The summed E-state index contributed by atoms with van der Waals surface area (Å²) in [7, 11) is 0. The van der Waals surface area contributed by atoms with E-state index in [1.165, 1.54) is 0 Å². The Hall–Kier alpha value is -1.64. The van der Waals surface area contributed by atoms with Crippen LogP contribution in [0.3, 0.4) is 0 Å². The van der Waals surface area contributed by atoms with Crippen molar-refractivity contribution >= 4 is 11.9 Å². The predicted octanol–water partition coefficient (Wildman–Crippen LogP) is 1.81. The van der Waals surface area contributed by atoms with E-state index in [0.29, 0.717) is 6.42 Å². The molecule has 1 atom stereocenters. The maximum atomic E-state index is 11.7. The maximum absolute atomic E-state index is 11.7. The number of esters is 2. The number of benzene rings is 1. The van der Waals surface area contributed by atoms with Crippen molar-refractivity contribution in [3.8, 4) is 0 Å². The van der Waals surface area contributed by atoms with E-state index in [2.05, 4.69) is 4.74 Å². The predicted molar refractivity (Wildman–Crippen MR) is 54.1 cm³/mol. The van der Waals surface area contributed by atoms with Gasteiger partial charge in [-0.3, -0.25) is 9.59 Å². The first-order chi connectivity index (χ1) is 7.19. The molecule has 1 saturated heterocycles. The van der Waals surface area contributed by atoms with Crippen LogP contribution in [0.15, 0.2) is 30.3 Å². The minimum absolute atomic E-state index is 0.159. The number of rotatable bonds is 2. The first-order valence-electron chi connectivity index (χ1n) is 4.99. The largest absolute Gasteiger partial charge is 0.392 e. The van der Waals surface area contributed by atoms with Gasteiger partial charge in [0, 0.05) is 0 Å². The number of hydrogen-bond donors (Lipinski definition) is 0. The lowest BCUT2D eigenvalue weighted by Gasteiger charge is -2.21. The molecule has 0 radical (unpaired) electrons. The fraction of sp³-hybridized carbons (Fsp3) is 0.333. The second-order valence-electron chi connectivity index (χ2n) is 3.74. The molecule has 1 heterocycles. The minimum Gasteiger partial charge on any atom is -0.392 e. The zero-order valence-corrected chi connectivity index (χ0v) is 8.53. The third kappa shape index (κ3) is 1.44. The van der Waals surface area contributed by atoms with E-state index in [-0.39, 0.29) is 6.42 Å². The van der Waals surface area contributed by atoms with Crippen LogP contribution in [-0.4, -0.2) is 11.9 Å². The summed E-state index contributed by atoms with van der Waals surface area (Å²) in [6, 6.07) is 9.34. The van der Waals surface area contributed by atoms with Crippen LogP contribution in [0.4, 0.5) is 0 Å². The molecule has 1 aromatic rings. The highest BCUT2D eigenvalue weighted by molar-refractivity contribution is 6.01. The minimum atomic E-state index is -0.752. The van der Waals surface area contributed by atoms with Gasteiger partial charge in [-0.2, -0.15) is 0 Å². The van der Waals surface area contributed by atoms with E-state index in [1.807, 2.05) is 37.3 Å². The SMILES string of the molecule is CC[C@@]1(c2ccccc2)CC(=O)OC1=O. The van der Waals surface area contributed by atoms with Crippen LogP contribution in [-0.2, 0) is 19.7 Å². The van der Waals surface area contributed by atoms with Crippen LogP contribution >= 0.6 is 0 Å². The molecule has 0 N–H and O–H groups in total. The topological polar surface area (TPSA) is 43.4 Å². The summed E-state index contributed by atoms with van der Waals surface area (Å²) in [5.41, 5.74) is 0.113. The van der Waals surface area contributed by atoms with Crippen molar-refractivity contribution < 1.29 is 14.3 Å². The third-order valence-electron chi connectivity index (χ3n) is 2.97. The quantitative estimate of drug-likeness (QED) is 0.545.